The average molecular weight is 264 g/mol. The van der Waals surface area contributed by atoms with Crippen LogP contribution < -0.4 is 0 Å². The van der Waals surface area contributed by atoms with Gasteiger partial charge in [-0.05, 0) is 50.2 Å². The Morgan fingerprint density at radius 1 is 1.42 bits per heavy atom. The van der Waals surface area contributed by atoms with Crippen LogP contribution in [-0.2, 0) is 0 Å². The van der Waals surface area contributed by atoms with Gasteiger partial charge < -0.3 is 5.11 Å². The van der Waals surface area contributed by atoms with Crippen LogP contribution in [0.1, 0.15) is 67.2 Å². The molecule has 0 saturated heterocycles. The third-order valence-electron chi connectivity index (χ3n) is 4.40. The molecule has 0 spiro atoms. The Morgan fingerprint density at radius 2 is 2.00 bits per heavy atom. The summed E-state index contributed by atoms with van der Waals surface area (Å²) >= 11 is 0. The van der Waals surface area contributed by atoms with Crippen molar-refractivity contribution < 1.29 is 5.11 Å². The number of rotatable bonds is 4. The van der Waals surface area contributed by atoms with Gasteiger partial charge in [0.2, 0.25) is 0 Å². The van der Waals surface area contributed by atoms with Crippen molar-refractivity contribution in [1.82, 2.24) is 0 Å². The minimum absolute atomic E-state index is 0.123. The maximum Gasteiger partial charge on any atom is 0.115 e. The van der Waals surface area contributed by atoms with Crippen molar-refractivity contribution in [3.8, 4) is 0 Å². The van der Waals surface area contributed by atoms with Gasteiger partial charge in [0.1, 0.15) is 5.76 Å². The van der Waals surface area contributed by atoms with Crippen LogP contribution in [0, 0.1) is 11.3 Å². The number of hydrogen-bond donors (Lipinski definition) is 1. The Kier molecular flexibility index (Phi) is 7.82. The molecule has 110 valence electrons. The summed E-state index contributed by atoms with van der Waals surface area (Å²) in [4.78, 5) is 0. The molecular formula is C18H32O. The van der Waals surface area contributed by atoms with Gasteiger partial charge in [0, 0.05) is 11.0 Å². The van der Waals surface area contributed by atoms with Crippen LogP contribution in [0.4, 0.5) is 0 Å². The molecule has 1 atom stereocenters. The van der Waals surface area contributed by atoms with Crippen molar-refractivity contribution in [2.24, 2.45) is 11.3 Å². The van der Waals surface area contributed by atoms with Crippen LogP contribution >= 0.6 is 0 Å². The molecule has 0 saturated carbocycles. The van der Waals surface area contributed by atoms with Crippen LogP contribution in [0.15, 0.2) is 35.6 Å². The van der Waals surface area contributed by atoms with Crippen molar-refractivity contribution >= 4 is 0 Å². The fraction of sp³-hybridized carbons (Fsp3) is 0.667. The fourth-order valence-electron chi connectivity index (χ4n) is 3.27. The van der Waals surface area contributed by atoms with Gasteiger partial charge in [0.15, 0.2) is 0 Å². The van der Waals surface area contributed by atoms with E-state index in [2.05, 4.69) is 27.4 Å². The Balaban J connectivity index is 0.00000154. The largest absolute Gasteiger partial charge is 0.508 e. The molecule has 1 heteroatoms. The third kappa shape index (κ3) is 3.52. The number of aliphatic hydroxyl groups is 1. The first kappa shape index (κ1) is 18.0. The predicted octanol–water partition coefficient (Wildman–Crippen LogP) is 6.19. The number of aliphatic hydroxyl groups excluding tert-OH is 1. The van der Waals surface area contributed by atoms with Crippen LogP contribution in [-0.4, -0.2) is 5.11 Å². The minimum Gasteiger partial charge on any atom is -0.508 e. The minimum atomic E-state index is 0.123. The lowest BCUT2D eigenvalue weighted by Crippen LogP contribution is -2.33. The van der Waals surface area contributed by atoms with E-state index < -0.39 is 0 Å². The van der Waals surface area contributed by atoms with Crippen LogP contribution in [0.3, 0.4) is 0 Å². The Labute approximate surface area is 120 Å². The first-order valence-electron chi connectivity index (χ1n) is 7.75. The lowest BCUT2D eigenvalue weighted by molar-refractivity contribution is 0.186. The van der Waals surface area contributed by atoms with E-state index in [9.17, 15) is 5.11 Å². The van der Waals surface area contributed by atoms with Gasteiger partial charge >= 0.3 is 0 Å². The molecule has 1 N–H and O–H groups in total. The predicted molar refractivity (Wildman–Crippen MR) is 86.4 cm³/mol. The molecule has 0 radical (unpaired) electrons. The molecule has 0 aliphatic heterocycles. The van der Waals surface area contributed by atoms with Crippen molar-refractivity contribution in [1.29, 1.82) is 0 Å². The first-order valence-corrected chi connectivity index (χ1v) is 7.75. The van der Waals surface area contributed by atoms with E-state index in [-0.39, 0.29) is 5.41 Å². The lowest BCUT2D eigenvalue weighted by Gasteiger charge is -2.43. The van der Waals surface area contributed by atoms with Crippen LogP contribution in [0.25, 0.3) is 0 Å². The smallest absolute Gasteiger partial charge is 0.115 e. The second kappa shape index (κ2) is 8.24. The van der Waals surface area contributed by atoms with Crippen molar-refractivity contribution in [3.05, 3.63) is 35.6 Å². The molecular weight excluding hydrogens is 232 g/mol. The molecule has 0 bridgehead atoms. The van der Waals surface area contributed by atoms with E-state index in [1.54, 1.807) is 0 Å². The maximum absolute atomic E-state index is 10.3. The summed E-state index contributed by atoms with van der Waals surface area (Å²) in [5.41, 5.74) is 2.51. The summed E-state index contributed by atoms with van der Waals surface area (Å²) in [6, 6.07) is 0. The molecule has 0 aromatic heterocycles. The van der Waals surface area contributed by atoms with E-state index in [1.807, 2.05) is 32.9 Å². The van der Waals surface area contributed by atoms with Crippen LogP contribution in [0.2, 0.25) is 0 Å². The third-order valence-corrected chi connectivity index (χ3v) is 4.40. The average Bonchev–Trinajstić information content (AvgIpc) is 2.47. The zero-order valence-corrected chi connectivity index (χ0v) is 13.7. The second-order valence-electron chi connectivity index (χ2n) is 5.30. The summed E-state index contributed by atoms with van der Waals surface area (Å²) in [6.45, 7) is 16.6. The topological polar surface area (TPSA) is 20.2 Å². The van der Waals surface area contributed by atoms with Gasteiger partial charge in [-0.2, -0.15) is 0 Å². The van der Waals surface area contributed by atoms with E-state index in [0.29, 0.717) is 11.7 Å². The molecule has 0 heterocycles. The van der Waals surface area contributed by atoms with Crippen molar-refractivity contribution in [2.45, 2.75) is 67.2 Å². The van der Waals surface area contributed by atoms with Gasteiger partial charge in [-0.15, -0.1) is 0 Å². The highest BCUT2D eigenvalue weighted by atomic mass is 16.3. The summed E-state index contributed by atoms with van der Waals surface area (Å²) in [5, 5.41) is 10.3. The summed E-state index contributed by atoms with van der Waals surface area (Å²) in [5.74, 6) is 0.995. The monoisotopic (exact) mass is 264 g/mol. The lowest BCUT2D eigenvalue weighted by atomic mass is 9.61. The summed E-state index contributed by atoms with van der Waals surface area (Å²) in [7, 11) is 0. The van der Waals surface area contributed by atoms with Gasteiger partial charge in [0.25, 0.3) is 0 Å². The molecule has 19 heavy (non-hydrogen) atoms. The molecule has 1 aliphatic rings. The quantitative estimate of drug-likeness (QED) is 0.600. The van der Waals surface area contributed by atoms with E-state index in [0.717, 1.165) is 18.4 Å². The standard InChI is InChI=1S/C16H26O.C2H6/c1-6-13-10-9-11-16(8-3,12(4)5)15(13)14(17)7-2;1-2/h6-7,12,17H,1,8-11H2,2-5H3;1-2H3/b14-7+;. The molecule has 0 amide bonds. The normalized spacial score (nSPS) is 24.1. The van der Waals surface area contributed by atoms with E-state index in [4.69, 9.17) is 0 Å². The highest BCUT2D eigenvalue weighted by molar-refractivity contribution is 5.42. The number of allylic oxidation sites excluding steroid dienone is 4. The zero-order valence-electron chi connectivity index (χ0n) is 13.7. The molecule has 1 aliphatic carbocycles. The molecule has 1 unspecified atom stereocenters. The van der Waals surface area contributed by atoms with Gasteiger partial charge in [-0.3, -0.25) is 0 Å². The van der Waals surface area contributed by atoms with Gasteiger partial charge in [0.05, 0.1) is 0 Å². The molecule has 1 rings (SSSR count). The van der Waals surface area contributed by atoms with Crippen molar-refractivity contribution in [3.63, 3.8) is 0 Å². The second-order valence-corrected chi connectivity index (χ2v) is 5.30. The zero-order chi connectivity index (χ0) is 15.1. The van der Waals surface area contributed by atoms with Gasteiger partial charge in [-0.1, -0.05) is 47.3 Å². The highest BCUT2D eigenvalue weighted by Gasteiger charge is 2.40. The molecule has 1 nitrogen and oxygen atoms in total. The first-order chi connectivity index (χ1) is 9.03. The Hall–Kier alpha value is -0.980. The highest BCUT2D eigenvalue weighted by Crippen LogP contribution is 2.51. The molecule has 0 aromatic rings. The SMILES string of the molecule is C=CC1=C(/C(O)=C\C)C(CC)(C(C)C)CCC1.CC. The van der Waals surface area contributed by atoms with Crippen molar-refractivity contribution in [2.75, 3.05) is 0 Å². The Bertz CT molecular complexity index is 347. The molecule has 0 aromatic carbocycles. The summed E-state index contributed by atoms with van der Waals surface area (Å²) in [6.07, 6.45) is 8.25. The van der Waals surface area contributed by atoms with E-state index >= 15 is 0 Å². The number of hydrogen-bond acceptors (Lipinski definition) is 1. The Morgan fingerprint density at radius 3 is 2.37 bits per heavy atom. The molecule has 0 fully saturated rings. The van der Waals surface area contributed by atoms with Gasteiger partial charge in [-0.25, -0.2) is 0 Å². The van der Waals surface area contributed by atoms with E-state index in [1.165, 1.54) is 18.4 Å². The summed E-state index contributed by atoms with van der Waals surface area (Å²) < 4.78 is 0. The van der Waals surface area contributed by atoms with Crippen LogP contribution in [0.5, 0.6) is 0 Å². The fourth-order valence-corrected chi connectivity index (χ4v) is 3.27. The maximum atomic E-state index is 10.3.